The number of aromatic nitrogens is 1. The van der Waals surface area contributed by atoms with Crippen LogP contribution in [-0.2, 0) is 19.5 Å². The van der Waals surface area contributed by atoms with Crippen molar-refractivity contribution in [2.24, 2.45) is 17.6 Å². The van der Waals surface area contributed by atoms with Gasteiger partial charge in [0.2, 0.25) is 0 Å². The number of likely N-dealkylation sites (tertiary alicyclic amines) is 1. The number of nitrogens with two attached hydrogens (primary N) is 1. The van der Waals surface area contributed by atoms with Crippen LogP contribution in [0.25, 0.3) is 11.0 Å². The van der Waals surface area contributed by atoms with Gasteiger partial charge in [0.1, 0.15) is 11.5 Å². The third-order valence-electron chi connectivity index (χ3n) is 7.19. The molecule has 3 aromatic rings. The van der Waals surface area contributed by atoms with Crippen LogP contribution in [0.4, 0.5) is 0 Å². The molecule has 5 rings (SSSR count). The Morgan fingerprint density at radius 1 is 1.09 bits per heavy atom. The Kier molecular flexibility index (Phi) is 6.83. The zero-order valence-electron chi connectivity index (χ0n) is 19.6. The van der Waals surface area contributed by atoms with Crippen LogP contribution < -0.4 is 15.2 Å². The van der Waals surface area contributed by atoms with Crippen LogP contribution in [0.15, 0.2) is 40.9 Å². The minimum absolute atomic E-state index is 0.401. The van der Waals surface area contributed by atoms with E-state index in [1.807, 2.05) is 12.1 Å². The summed E-state index contributed by atoms with van der Waals surface area (Å²) in [7, 11) is 1.72. The average molecular weight is 450 g/mol. The normalized spacial score (nSPS) is 17.5. The quantitative estimate of drug-likeness (QED) is 0.473. The van der Waals surface area contributed by atoms with Gasteiger partial charge in [-0.05, 0) is 93.3 Å². The Balaban J connectivity index is 1.15. The minimum atomic E-state index is 0.401. The van der Waals surface area contributed by atoms with Crippen LogP contribution in [0.3, 0.4) is 0 Å². The summed E-state index contributed by atoms with van der Waals surface area (Å²) in [5.74, 6) is 3.22. The molecule has 2 fully saturated rings. The smallest absolute Gasteiger partial charge is 0.175 e. The third kappa shape index (κ3) is 5.33. The topological polar surface area (TPSA) is 73.8 Å². The van der Waals surface area contributed by atoms with Gasteiger partial charge in [0.05, 0.1) is 25.0 Å². The number of aryl methyl sites for hydroxylation is 1. The standard InChI is InChI=1S/C27H35N3O3/c1-31-22-4-2-3-21(15-22)17-30-13-11-19(12-14-30)7-9-25-23-8-10-26(32-18-20-5-6-20)24(16-28)27(23)33-29-25/h2-4,8,10,15,19-20H,5-7,9,11-14,16-18,28H2,1H3. The van der Waals surface area contributed by atoms with Crippen LogP contribution in [0, 0.1) is 11.8 Å². The number of hydrogen-bond acceptors (Lipinski definition) is 6. The van der Waals surface area contributed by atoms with Gasteiger partial charge < -0.3 is 19.7 Å². The summed E-state index contributed by atoms with van der Waals surface area (Å²) in [5.41, 5.74) is 10.2. The molecule has 0 unspecified atom stereocenters. The SMILES string of the molecule is COc1cccc(CN2CCC(CCc3noc4c(CN)c(OCC5CC5)ccc34)CC2)c1. The molecule has 2 aliphatic rings. The lowest BCUT2D eigenvalue weighted by molar-refractivity contribution is 0.172. The van der Waals surface area contributed by atoms with Crippen molar-refractivity contribution in [2.45, 2.75) is 51.6 Å². The van der Waals surface area contributed by atoms with E-state index in [1.54, 1.807) is 7.11 Å². The van der Waals surface area contributed by atoms with E-state index in [0.29, 0.717) is 12.5 Å². The first kappa shape index (κ1) is 22.2. The van der Waals surface area contributed by atoms with E-state index in [1.165, 1.54) is 31.2 Å². The summed E-state index contributed by atoms with van der Waals surface area (Å²) in [4.78, 5) is 2.55. The first-order valence-corrected chi connectivity index (χ1v) is 12.3. The average Bonchev–Trinajstić information content (AvgIpc) is 3.60. The van der Waals surface area contributed by atoms with Crippen molar-refractivity contribution in [3.8, 4) is 11.5 Å². The molecule has 1 saturated heterocycles. The van der Waals surface area contributed by atoms with Gasteiger partial charge in [-0.3, -0.25) is 4.90 Å². The van der Waals surface area contributed by atoms with E-state index >= 15 is 0 Å². The molecule has 1 aliphatic heterocycles. The van der Waals surface area contributed by atoms with E-state index in [-0.39, 0.29) is 0 Å². The van der Waals surface area contributed by atoms with Crippen molar-refractivity contribution in [3.05, 3.63) is 53.2 Å². The summed E-state index contributed by atoms with van der Waals surface area (Å²) in [6.45, 7) is 4.44. The van der Waals surface area contributed by atoms with Crippen molar-refractivity contribution in [2.75, 3.05) is 26.8 Å². The van der Waals surface area contributed by atoms with Gasteiger partial charge in [-0.25, -0.2) is 0 Å². The largest absolute Gasteiger partial charge is 0.497 e. The van der Waals surface area contributed by atoms with Crippen molar-refractivity contribution < 1.29 is 14.0 Å². The van der Waals surface area contributed by atoms with Gasteiger partial charge >= 0.3 is 0 Å². The highest BCUT2D eigenvalue weighted by Crippen LogP contribution is 2.34. The molecule has 0 spiro atoms. The maximum atomic E-state index is 6.04. The lowest BCUT2D eigenvalue weighted by atomic mass is 9.91. The Morgan fingerprint density at radius 2 is 1.94 bits per heavy atom. The second-order valence-electron chi connectivity index (χ2n) is 9.62. The molecule has 1 saturated carbocycles. The molecule has 0 amide bonds. The molecule has 2 N–H and O–H groups in total. The molecule has 0 bridgehead atoms. The van der Waals surface area contributed by atoms with E-state index in [0.717, 1.165) is 78.7 Å². The predicted molar refractivity (Wildman–Crippen MR) is 129 cm³/mol. The molecule has 2 aromatic carbocycles. The number of benzene rings is 2. The van der Waals surface area contributed by atoms with Crippen LogP contribution in [0.5, 0.6) is 11.5 Å². The monoisotopic (exact) mass is 449 g/mol. The first-order chi connectivity index (χ1) is 16.2. The van der Waals surface area contributed by atoms with Gasteiger partial charge in [0, 0.05) is 18.5 Å². The Morgan fingerprint density at radius 3 is 2.70 bits per heavy atom. The van der Waals surface area contributed by atoms with Crippen molar-refractivity contribution in [1.82, 2.24) is 10.1 Å². The van der Waals surface area contributed by atoms with Gasteiger partial charge in [-0.1, -0.05) is 17.3 Å². The zero-order valence-corrected chi connectivity index (χ0v) is 19.6. The molecule has 1 aliphatic carbocycles. The lowest BCUT2D eigenvalue weighted by Crippen LogP contribution is -2.33. The zero-order chi connectivity index (χ0) is 22.6. The Labute approximate surface area is 196 Å². The van der Waals surface area contributed by atoms with Crippen LogP contribution >= 0.6 is 0 Å². The Bertz CT molecular complexity index is 1070. The number of piperidine rings is 1. The third-order valence-corrected chi connectivity index (χ3v) is 7.19. The highest BCUT2D eigenvalue weighted by atomic mass is 16.5. The minimum Gasteiger partial charge on any atom is -0.497 e. The maximum absolute atomic E-state index is 6.04. The summed E-state index contributed by atoms with van der Waals surface area (Å²) in [6, 6.07) is 12.5. The fourth-order valence-corrected chi connectivity index (χ4v) is 4.90. The number of methoxy groups -OCH3 is 1. The molecule has 33 heavy (non-hydrogen) atoms. The van der Waals surface area contributed by atoms with Crippen LogP contribution in [-0.4, -0.2) is 36.9 Å². The summed E-state index contributed by atoms with van der Waals surface area (Å²) in [5, 5.41) is 5.50. The second kappa shape index (κ2) is 10.1. The van der Waals surface area contributed by atoms with Crippen LogP contribution in [0.1, 0.15) is 48.9 Å². The fraction of sp³-hybridized carbons (Fsp3) is 0.519. The molecule has 6 nitrogen and oxygen atoms in total. The number of fused-ring (bicyclic) bond motifs is 1. The lowest BCUT2D eigenvalue weighted by Gasteiger charge is -2.32. The maximum Gasteiger partial charge on any atom is 0.175 e. The molecule has 6 heteroatoms. The number of hydrogen-bond donors (Lipinski definition) is 1. The predicted octanol–water partition coefficient (Wildman–Crippen LogP) is 4.93. The summed E-state index contributed by atoms with van der Waals surface area (Å²) >= 11 is 0. The van der Waals surface area contributed by atoms with E-state index < -0.39 is 0 Å². The number of ether oxygens (including phenoxy) is 2. The van der Waals surface area contributed by atoms with Crippen LogP contribution in [0.2, 0.25) is 0 Å². The van der Waals surface area contributed by atoms with E-state index in [4.69, 9.17) is 19.7 Å². The van der Waals surface area contributed by atoms with E-state index in [2.05, 4.69) is 34.3 Å². The molecule has 1 aromatic heterocycles. The summed E-state index contributed by atoms with van der Waals surface area (Å²) < 4.78 is 17.1. The van der Waals surface area contributed by atoms with Crippen molar-refractivity contribution in [3.63, 3.8) is 0 Å². The molecule has 176 valence electrons. The molecular formula is C27H35N3O3. The molecule has 2 heterocycles. The van der Waals surface area contributed by atoms with E-state index in [9.17, 15) is 0 Å². The highest BCUT2D eigenvalue weighted by Gasteiger charge is 2.24. The number of rotatable bonds is 10. The first-order valence-electron chi connectivity index (χ1n) is 12.3. The number of nitrogens with zero attached hydrogens (tertiary/aromatic N) is 2. The Hall–Kier alpha value is -2.57. The fourth-order valence-electron chi connectivity index (χ4n) is 4.90. The molecule has 0 atom stereocenters. The van der Waals surface area contributed by atoms with Gasteiger partial charge in [-0.15, -0.1) is 0 Å². The van der Waals surface area contributed by atoms with Gasteiger partial charge in [0.15, 0.2) is 5.58 Å². The van der Waals surface area contributed by atoms with Crippen molar-refractivity contribution in [1.29, 1.82) is 0 Å². The molecule has 0 radical (unpaired) electrons. The second-order valence-corrected chi connectivity index (χ2v) is 9.62. The summed E-state index contributed by atoms with van der Waals surface area (Å²) in [6.07, 6.45) is 7.09. The van der Waals surface area contributed by atoms with Gasteiger partial charge in [0.25, 0.3) is 0 Å². The van der Waals surface area contributed by atoms with Gasteiger partial charge in [-0.2, -0.15) is 0 Å². The highest BCUT2D eigenvalue weighted by molar-refractivity contribution is 5.84. The molecular weight excluding hydrogens is 414 g/mol. The van der Waals surface area contributed by atoms with Crippen molar-refractivity contribution >= 4 is 11.0 Å².